The van der Waals surface area contributed by atoms with Crippen LogP contribution in [0, 0.1) is 0 Å². The summed E-state index contributed by atoms with van der Waals surface area (Å²) in [4.78, 5) is 44.6. The number of rotatable bonds is 3. The molecule has 3 heterocycles. The number of para-hydroxylation sites is 1. The molecule has 1 saturated heterocycles. The van der Waals surface area contributed by atoms with Gasteiger partial charge in [-0.15, -0.1) is 0 Å². The summed E-state index contributed by atoms with van der Waals surface area (Å²) in [6.07, 6.45) is 4.88. The predicted octanol–water partition coefficient (Wildman–Crippen LogP) is 2.46. The minimum atomic E-state index is -1.55. The molecule has 3 aliphatic heterocycles. The Kier molecular flexibility index (Phi) is 3.97. The summed E-state index contributed by atoms with van der Waals surface area (Å²) >= 11 is 0. The van der Waals surface area contributed by atoms with Crippen LogP contribution in [0.1, 0.15) is 18.1 Å². The van der Waals surface area contributed by atoms with E-state index < -0.39 is 23.1 Å². The summed E-state index contributed by atoms with van der Waals surface area (Å²) in [5.74, 6) is -2.66. The number of amides is 3. The summed E-state index contributed by atoms with van der Waals surface area (Å²) in [6, 6.07) is 16.7. The smallest absolute Gasteiger partial charge is 0.278 e. The van der Waals surface area contributed by atoms with E-state index in [-0.39, 0.29) is 11.6 Å². The third-order valence-electron chi connectivity index (χ3n) is 6.37. The van der Waals surface area contributed by atoms with Crippen molar-refractivity contribution in [3.63, 3.8) is 0 Å². The predicted molar refractivity (Wildman–Crippen MR) is 114 cm³/mol. The third kappa shape index (κ3) is 2.29. The first-order valence-electron chi connectivity index (χ1n) is 9.93. The fourth-order valence-corrected chi connectivity index (χ4v) is 4.66. The third-order valence-corrected chi connectivity index (χ3v) is 6.37. The van der Waals surface area contributed by atoms with E-state index in [0.29, 0.717) is 11.3 Å². The van der Waals surface area contributed by atoms with Crippen LogP contribution < -0.4 is 4.90 Å². The highest BCUT2D eigenvalue weighted by atomic mass is 16.5. The number of nitrogens with zero attached hydrogens (tertiary/aromatic N) is 3. The minimum absolute atomic E-state index is 0.144. The molecule has 2 atom stereocenters. The van der Waals surface area contributed by atoms with Crippen LogP contribution >= 0.6 is 0 Å². The second-order valence-corrected chi connectivity index (χ2v) is 7.90. The van der Waals surface area contributed by atoms with E-state index in [2.05, 4.69) is 0 Å². The molecule has 5 rings (SSSR count). The molecule has 7 nitrogen and oxygen atoms in total. The van der Waals surface area contributed by atoms with Crippen LogP contribution in [0.5, 0.6) is 0 Å². The Morgan fingerprint density at radius 2 is 1.61 bits per heavy atom. The normalized spacial score (nSPS) is 27.0. The van der Waals surface area contributed by atoms with Crippen molar-refractivity contribution in [3.05, 3.63) is 83.7 Å². The van der Waals surface area contributed by atoms with Crippen LogP contribution in [0.4, 0.5) is 5.69 Å². The number of ether oxygens (including phenoxy) is 1. The Morgan fingerprint density at radius 3 is 2.32 bits per heavy atom. The van der Waals surface area contributed by atoms with Gasteiger partial charge in [0.1, 0.15) is 5.70 Å². The van der Waals surface area contributed by atoms with E-state index in [4.69, 9.17) is 4.74 Å². The van der Waals surface area contributed by atoms with Gasteiger partial charge in [0.05, 0.1) is 0 Å². The lowest BCUT2D eigenvalue weighted by Crippen LogP contribution is -2.57. The molecule has 1 fully saturated rings. The molecule has 0 unspecified atom stereocenters. The second-order valence-electron chi connectivity index (χ2n) is 7.90. The Balaban J connectivity index is 1.63. The number of carbonyl (C=O) groups excluding carboxylic acids is 3. The molecule has 156 valence electrons. The number of fused-ring (bicyclic) bond motifs is 3. The van der Waals surface area contributed by atoms with Gasteiger partial charge in [0.15, 0.2) is 5.41 Å². The number of carbonyl (C=O) groups is 3. The van der Waals surface area contributed by atoms with Crippen LogP contribution in [0.2, 0.25) is 0 Å². The Morgan fingerprint density at radius 1 is 0.935 bits per heavy atom. The second kappa shape index (κ2) is 6.39. The van der Waals surface area contributed by atoms with Gasteiger partial charge in [0.2, 0.25) is 5.85 Å². The highest BCUT2D eigenvalue weighted by Gasteiger charge is 2.67. The van der Waals surface area contributed by atoms with E-state index in [1.165, 1.54) is 27.9 Å². The zero-order valence-electron chi connectivity index (χ0n) is 17.4. The van der Waals surface area contributed by atoms with Crippen LogP contribution in [0.3, 0.4) is 0 Å². The zero-order chi connectivity index (χ0) is 22.0. The van der Waals surface area contributed by atoms with Crippen LogP contribution in [-0.4, -0.2) is 47.5 Å². The lowest BCUT2D eigenvalue weighted by Gasteiger charge is -2.37. The Labute approximate surface area is 179 Å². The molecule has 0 aliphatic carbocycles. The van der Waals surface area contributed by atoms with E-state index in [1.54, 1.807) is 44.4 Å². The molecule has 0 bridgehead atoms. The molecule has 7 heteroatoms. The number of hydrogen-bond donors (Lipinski definition) is 0. The fraction of sp³-hybridized carbons (Fsp3) is 0.208. The first-order valence-corrected chi connectivity index (χ1v) is 9.93. The molecule has 31 heavy (non-hydrogen) atoms. The fourth-order valence-electron chi connectivity index (χ4n) is 4.66. The molecule has 3 aliphatic rings. The highest BCUT2D eigenvalue weighted by molar-refractivity contribution is 6.27. The summed E-state index contributed by atoms with van der Waals surface area (Å²) in [5, 5.41) is 0. The van der Waals surface area contributed by atoms with Crippen LogP contribution in [0.25, 0.3) is 6.08 Å². The number of methoxy groups -OCH3 is 1. The van der Waals surface area contributed by atoms with Crippen molar-refractivity contribution >= 4 is 29.5 Å². The largest absolute Gasteiger partial charge is 0.341 e. The van der Waals surface area contributed by atoms with E-state index in [9.17, 15) is 14.4 Å². The topological polar surface area (TPSA) is 70.2 Å². The van der Waals surface area contributed by atoms with Gasteiger partial charge >= 0.3 is 0 Å². The van der Waals surface area contributed by atoms with Gasteiger partial charge in [0.25, 0.3) is 17.7 Å². The van der Waals surface area contributed by atoms with Crippen molar-refractivity contribution in [2.45, 2.75) is 18.2 Å². The molecule has 0 saturated carbocycles. The molecule has 0 radical (unpaired) electrons. The van der Waals surface area contributed by atoms with Gasteiger partial charge in [-0.05, 0) is 23.8 Å². The molecular formula is C24H21N3O4. The van der Waals surface area contributed by atoms with Crippen molar-refractivity contribution < 1.29 is 19.1 Å². The molecule has 0 N–H and O–H groups in total. The maximum atomic E-state index is 13.8. The average Bonchev–Trinajstić information content (AvgIpc) is 3.31. The monoisotopic (exact) mass is 415 g/mol. The van der Waals surface area contributed by atoms with Gasteiger partial charge in [-0.25, -0.2) is 0 Å². The summed E-state index contributed by atoms with van der Waals surface area (Å²) in [5.41, 5.74) is 0.730. The van der Waals surface area contributed by atoms with Crippen molar-refractivity contribution in [3.8, 4) is 0 Å². The molecule has 3 amide bonds. The van der Waals surface area contributed by atoms with Crippen LogP contribution in [-0.2, 0) is 24.5 Å². The standard InChI is InChI=1S/C24H21N3O4/c1-23(31-3)26(14-13-16-9-5-4-6-10-16)20(28)19-15-24(22(30)27(19)23)17-11-7-8-12-18(17)25(2)21(24)29/h4-15H,1-3H3/b14-13+/t23-,24+/m0/s1. The van der Waals surface area contributed by atoms with Gasteiger partial charge in [-0.3, -0.25) is 24.2 Å². The average molecular weight is 415 g/mol. The van der Waals surface area contributed by atoms with Gasteiger partial charge < -0.3 is 9.64 Å². The van der Waals surface area contributed by atoms with Crippen LogP contribution in [0.15, 0.2) is 72.6 Å². The zero-order valence-corrected chi connectivity index (χ0v) is 17.4. The Bertz CT molecular complexity index is 1190. The lowest BCUT2D eigenvalue weighted by molar-refractivity contribution is -0.181. The quantitative estimate of drug-likeness (QED) is 0.722. The maximum Gasteiger partial charge on any atom is 0.278 e. The number of benzene rings is 2. The van der Waals surface area contributed by atoms with E-state index in [0.717, 1.165) is 5.56 Å². The first-order chi connectivity index (χ1) is 14.9. The van der Waals surface area contributed by atoms with Crippen molar-refractivity contribution in [2.24, 2.45) is 0 Å². The van der Waals surface area contributed by atoms with Crippen molar-refractivity contribution in [1.29, 1.82) is 0 Å². The van der Waals surface area contributed by atoms with Crippen molar-refractivity contribution in [1.82, 2.24) is 9.80 Å². The molecule has 2 aromatic carbocycles. The summed E-state index contributed by atoms with van der Waals surface area (Å²) < 4.78 is 5.70. The Hall–Kier alpha value is -3.71. The minimum Gasteiger partial charge on any atom is -0.341 e. The summed E-state index contributed by atoms with van der Waals surface area (Å²) in [7, 11) is 3.08. The first kappa shape index (κ1) is 19.3. The molecule has 2 aromatic rings. The number of hydrogen-bond acceptors (Lipinski definition) is 4. The molecular weight excluding hydrogens is 394 g/mol. The number of anilines is 1. The van der Waals surface area contributed by atoms with Gasteiger partial charge in [-0.2, -0.15) is 0 Å². The summed E-state index contributed by atoms with van der Waals surface area (Å²) in [6.45, 7) is 1.65. The van der Waals surface area contributed by atoms with E-state index >= 15 is 0 Å². The van der Waals surface area contributed by atoms with E-state index in [1.807, 2.05) is 36.4 Å². The number of likely N-dealkylation sites (N-methyl/N-ethyl adjacent to an activating group) is 1. The molecule has 0 aromatic heterocycles. The van der Waals surface area contributed by atoms with Crippen molar-refractivity contribution in [2.75, 3.05) is 19.1 Å². The molecule has 1 spiro atoms. The maximum absolute atomic E-state index is 13.8. The SMILES string of the molecule is CO[C@@]1(C)N(/C=C/c2ccccc2)C(=O)C2=C[C@@]3(C(=O)N(C)c4ccccc43)C(=O)N21. The highest BCUT2D eigenvalue weighted by Crippen LogP contribution is 2.52. The lowest BCUT2D eigenvalue weighted by atomic mass is 9.81. The van der Waals surface area contributed by atoms with Gasteiger partial charge in [-0.1, -0.05) is 48.5 Å². The van der Waals surface area contributed by atoms with Gasteiger partial charge in [0, 0.05) is 38.5 Å².